The van der Waals surface area contributed by atoms with Crippen LogP contribution in [0.25, 0.3) is 54.8 Å². The van der Waals surface area contributed by atoms with Crippen LogP contribution in [-0.4, -0.2) is 158 Å². The van der Waals surface area contributed by atoms with E-state index in [9.17, 15) is 41.9 Å². The first-order chi connectivity index (χ1) is 46.1. The summed E-state index contributed by atoms with van der Waals surface area (Å²) >= 11 is 10.8. The first kappa shape index (κ1) is 95.8. The Morgan fingerprint density at radius 1 is 0.554 bits per heavy atom. The van der Waals surface area contributed by atoms with Crippen molar-refractivity contribution in [3.05, 3.63) is 179 Å². The van der Waals surface area contributed by atoms with Gasteiger partial charge in [0.15, 0.2) is 0 Å². The number of nitrogens with two attached hydrogens (primary N) is 2. The normalized spacial score (nSPS) is 10.4. The molecule has 0 radical (unpaired) electrons. The SMILES string of the molecule is C=C(CN)c1cccc2c(C(=O)NC)ncnc12.C=C(CNC(C)=O)c1cccc2c(C(=O)NC)ncnc12.CNC(=O)c1ncnc2c([C@H](C)CN)cccc12.CNC(=O)c1ncnc2c([C@H](C)CNC(C)=O)cccc12.Clc1cc(Cl)ncn1.O=C([O-])C(F)(F)F.O=CO[O-].S.S.[H-].[K+].[K+]. The average molecular weight is 1530 g/mol. The number of aromatic nitrogens is 10. The predicted octanol–water partition coefficient (Wildman–Crippen LogP) is -1.76. The molecule has 0 spiro atoms. The summed E-state index contributed by atoms with van der Waals surface area (Å²) in [5.74, 6) is -3.88. The van der Waals surface area contributed by atoms with Crippen molar-refractivity contribution in [3.63, 3.8) is 0 Å². The molecule has 5 heterocycles. The molecule has 0 bridgehead atoms. The number of carboxylic acid groups (broad SMARTS) is 1. The minimum atomic E-state index is -5.19. The Morgan fingerprint density at radius 2 is 0.861 bits per heavy atom. The summed E-state index contributed by atoms with van der Waals surface area (Å²) in [5.41, 5.74) is 20.8. The number of aliphatic carboxylic acids is 1. The molecule has 0 aliphatic heterocycles. The zero-order chi connectivity index (χ0) is 72.5. The molecule has 101 heavy (non-hydrogen) atoms. The molecule has 10 N–H and O–H groups in total. The molecule has 29 nitrogen and oxygen atoms in total. The van der Waals surface area contributed by atoms with E-state index >= 15 is 0 Å². The Morgan fingerprint density at radius 3 is 1.15 bits per heavy atom. The summed E-state index contributed by atoms with van der Waals surface area (Å²) in [6, 6.07) is 23.9. The number of carboxylic acids is 1. The van der Waals surface area contributed by atoms with Gasteiger partial charge in [0.1, 0.15) is 70.7 Å². The topological polar surface area (TPSA) is 445 Å². The number of hydrogen-bond donors (Lipinski definition) is 8. The van der Waals surface area contributed by atoms with Crippen LogP contribution < -0.4 is 157 Å². The standard InChI is InChI=1S/C15H18N4O2.C15H16N4O2.C13H16N4O.C13H14N4O.C4H2Cl2N2.C2HF3O2.CH2O3.2K.2H2S.H/c2*1-9(7-17-10(2)20)11-5-4-6-12-13(11)18-8-19-14(12)15(21)16-3;2*1-8(6-14)9-4-3-5-10-11(9)16-7-17-12(10)13(18)15-2;5-3-1-4(6)8-2-7-3;3-2(4,5)1(6)7;2-1-4-3;;;;;/h4-6,8-9H,7H2,1-3H3,(H,16,21)(H,17,20);4-6,8H,1,7H2,2-3H3,(H,16,21)(H,17,20);3-5,7-8H,6,14H2,1-2H3,(H,15,18);3-5,7H,1,6,14H2,2H3,(H,15,18);1-2H;(H,6,7);1,3H;;;2*1H2;/q;;;;;;;2*+1;;;-1/p-2/t9-;;8-;;;;;;;;;/m1.1........./s1. The molecule has 2 atom stereocenters. The Bertz CT molecular complexity index is 4230. The van der Waals surface area contributed by atoms with E-state index in [1.54, 1.807) is 34.3 Å². The van der Waals surface area contributed by atoms with Crippen molar-refractivity contribution in [3.8, 4) is 0 Å². The third-order valence-electron chi connectivity index (χ3n) is 13.0. The van der Waals surface area contributed by atoms with E-state index in [0.29, 0.717) is 86.5 Å². The van der Waals surface area contributed by atoms with Crippen molar-refractivity contribution in [2.24, 2.45) is 11.5 Å². The van der Waals surface area contributed by atoms with E-state index in [-0.39, 0.29) is 185 Å². The van der Waals surface area contributed by atoms with Gasteiger partial charge in [-0.1, -0.05) is 123 Å². The third-order valence-corrected chi connectivity index (χ3v) is 13.4. The second kappa shape index (κ2) is 49.4. The fourth-order valence-electron chi connectivity index (χ4n) is 8.24. The number of carbonyl (C=O) groups is 8. The van der Waals surface area contributed by atoms with E-state index in [0.717, 1.165) is 49.8 Å². The van der Waals surface area contributed by atoms with Gasteiger partial charge in [0.25, 0.3) is 30.1 Å². The number of halogens is 5. The molecule has 9 rings (SSSR count). The number of nitrogens with one attached hydrogen (secondary N) is 6. The maximum atomic E-state index is 11.9. The summed E-state index contributed by atoms with van der Waals surface area (Å²) in [7, 11) is 6.27. The minimum Gasteiger partial charge on any atom is -1.00 e. The molecule has 0 aliphatic rings. The first-order valence-corrected chi connectivity index (χ1v) is 29.1. The van der Waals surface area contributed by atoms with Crippen molar-refractivity contribution in [2.75, 3.05) is 54.4 Å². The van der Waals surface area contributed by atoms with Gasteiger partial charge in [-0.3, -0.25) is 33.6 Å². The van der Waals surface area contributed by atoms with Crippen molar-refractivity contribution < 1.29 is 171 Å². The number of carbonyl (C=O) groups excluding carboxylic acids is 8. The third kappa shape index (κ3) is 30.0. The maximum Gasteiger partial charge on any atom is 1.00 e. The second-order valence-corrected chi connectivity index (χ2v) is 20.3. The average Bonchev–Trinajstić information content (AvgIpc) is 0.815. The van der Waals surface area contributed by atoms with Crippen molar-refractivity contribution in [1.29, 1.82) is 0 Å². The Labute approximate surface area is 688 Å². The van der Waals surface area contributed by atoms with E-state index in [2.05, 4.69) is 99.8 Å². The molecule has 38 heteroatoms. The fraction of sp³-hybridized carbons (Fsp3) is 0.238. The van der Waals surface area contributed by atoms with Crippen LogP contribution in [0.1, 0.15) is 105 Å². The van der Waals surface area contributed by atoms with Gasteiger partial charge in [0, 0.05) is 106 Å². The molecule has 6 amide bonds. The molecule has 0 saturated heterocycles. The van der Waals surface area contributed by atoms with E-state index < -0.39 is 12.1 Å². The summed E-state index contributed by atoms with van der Waals surface area (Å²) in [5, 5.41) is 36.5. The van der Waals surface area contributed by atoms with Gasteiger partial charge in [-0.2, -0.15) is 40.2 Å². The number of benzene rings is 4. The predicted molar refractivity (Wildman–Crippen MR) is 374 cm³/mol. The largest absolute Gasteiger partial charge is 1.00 e. The van der Waals surface area contributed by atoms with E-state index in [4.69, 9.17) is 54.6 Å². The van der Waals surface area contributed by atoms with Crippen molar-refractivity contribution in [2.45, 2.75) is 45.7 Å². The van der Waals surface area contributed by atoms with Crippen LogP contribution >= 0.6 is 50.2 Å². The van der Waals surface area contributed by atoms with Gasteiger partial charge < -0.3 is 64.8 Å². The number of fused-ring (bicyclic) bond motifs is 4. The molecule has 4 aromatic carbocycles. The van der Waals surface area contributed by atoms with E-state index in [1.165, 1.54) is 51.6 Å². The van der Waals surface area contributed by atoms with Crippen LogP contribution in [0.4, 0.5) is 13.2 Å². The summed E-state index contributed by atoms with van der Waals surface area (Å²) in [6.07, 6.45) is 1.65. The van der Waals surface area contributed by atoms with Gasteiger partial charge in [-0.25, -0.2) is 49.8 Å². The smallest absolute Gasteiger partial charge is 1.00 e. The van der Waals surface area contributed by atoms with Crippen LogP contribution in [0.3, 0.4) is 0 Å². The van der Waals surface area contributed by atoms with Crippen LogP contribution in [0.2, 0.25) is 10.3 Å². The quantitative estimate of drug-likeness (QED) is 0.0185. The molecule has 0 unspecified atom stereocenters. The second-order valence-electron chi connectivity index (χ2n) is 19.5. The molecule has 0 fully saturated rings. The van der Waals surface area contributed by atoms with Crippen LogP contribution in [-0.2, 0) is 24.1 Å². The molecule has 5 aromatic heterocycles. The molecule has 0 saturated carbocycles. The zero-order valence-corrected chi connectivity index (χ0v) is 66.1. The first-order valence-electron chi connectivity index (χ1n) is 28.3. The van der Waals surface area contributed by atoms with Crippen molar-refractivity contribution >= 4 is 153 Å². The molecule has 9 aromatic rings. The monoisotopic (exact) mass is 1530 g/mol. The summed E-state index contributed by atoms with van der Waals surface area (Å²) in [6.45, 7) is 16.4. The number of nitrogens with zero attached hydrogens (tertiary/aromatic N) is 10. The number of alkyl halides is 3. The van der Waals surface area contributed by atoms with E-state index in [1.807, 2.05) is 80.6 Å². The van der Waals surface area contributed by atoms with Crippen LogP contribution in [0.15, 0.2) is 124 Å². The van der Waals surface area contributed by atoms with Gasteiger partial charge in [-0.05, 0) is 34.7 Å². The van der Waals surface area contributed by atoms with Gasteiger partial charge in [0.05, 0.1) is 22.1 Å². The number of hydrogen-bond acceptors (Lipinski definition) is 23. The molecule has 0 aliphatic carbocycles. The summed E-state index contributed by atoms with van der Waals surface area (Å²) < 4.78 is 31.5. The molecular weight excluding hydrogens is 1460 g/mol. The summed E-state index contributed by atoms with van der Waals surface area (Å²) in [4.78, 5) is 130. The van der Waals surface area contributed by atoms with Crippen LogP contribution in [0, 0.1) is 0 Å². The van der Waals surface area contributed by atoms with Crippen molar-refractivity contribution in [1.82, 2.24) is 81.7 Å². The Balaban J connectivity index is -0.00000116. The number of rotatable bonds is 15. The number of para-hydroxylation sites is 4. The fourth-order valence-corrected chi connectivity index (χ4v) is 8.59. The van der Waals surface area contributed by atoms with Gasteiger partial charge in [-0.15, -0.1) is 0 Å². The molecule has 530 valence electrons. The zero-order valence-electron chi connectivity index (χ0n) is 57.4. The van der Waals surface area contributed by atoms with Gasteiger partial charge >= 0.3 is 109 Å². The number of amides is 6. The van der Waals surface area contributed by atoms with Gasteiger partial charge in [0.2, 0.25) is 11.8 Å². The Kier molecular flexibility index (Phi) is 46.9. The maximum absolute atomic E-state index is 11.9. The minimum absolute atomic E-state index is 0. The molecular formula is C63H72Cl2F3K2N18O11S2-. The van der Waals surface area contributed by atoms with Crippen LogP contribution in [0.5, 0.6) is 0 Å². The Hall–Kier alpha value is -7.22.